The number of rotatable bonds is 4. The van der Waals surface area contributed by atoms with E-state index in [1.54, 1.807) is 12.3 Å². The Labute approximate surface area is 93.1 Å². The highest BCUT2D eigenvalue weighted by molar-refractivity contribution is 5.46. The van der Waals surface area contributed by atoms with Crippen LogP contribution in [0.2, 0.25) is 0 Å². The molecule has 0 aliphatic heterocycles. The van der Waals surface area contributed by atoms with Crippen LogP contribution in [0.1, 0.15) is 25.8 Å². The molecule has 0 aromatic carbocycles. The van der Waals surface area contributed by atoms with Crippen molar-refractivity contribution in [3.05, 3.63) is 24.5 Å². The van der Waals surface area contributed by atoms with Crippen LogP contribution in [-0.4, -0.2) is 26.7 Å². The van der Waals surface area contributed by atoms with Crippen LogP contribution in [0.4, 0.5) is 0 Å². The molecule has 1 unspecified atom stereocenters. The van der Waals surface area contributed by atoms with Crippen molar-refractivity contribution in [2.75, 3.05) is 6.54 Å². The van der Waals surface area contributed by atoms with Gasteiger partial charge in [0.2, 0.25) is 11.7 Å². The summed E-state index contributed by atoms with van der Waals surface area (Å²) in [5.41, 5.74) is 0.661. The summed E-state index contributed by atoms with van der Waals surface area (Å²) in [6, 6.07) is 1.79. The van der Waals surface area contributed by atoms with E-state index in [4.69, 9.17) is 4.52 Å². The molecule has 0 saturated carbocycles. The molecule has 2 aromatic rings. The van der Waals surface area contributed by atoms with Crippen LogP contribution >= 0.6 is 0 Å². The van der Waals surface area contributed by atoms with Gasteiger partial charge in [0.1, 0.15) is 12.0 Å². The van der Waals surface area contributed by atoms with Gasteiger partial charge in [0.25, 0.3) is 0 Å². The lowest BCUT2D eigenvalue weighted by molar-refractivity contribution is 0.342. The topological polar surface area (TPSA) is 76.7 Å². The van der Waals surface area contributed by atoms with E-state index in [1.165, 1.54) is 6.33 Å². The second-order valence-corrected chi connectivity index (χ2v) is 3.33. The smallest absolute Gasteiger partial charge is 0.243 e. The molecule has 2 aromatic heterocycles. The van der Waals surface area contributed by atoms with Crippen molar-refractivity contribution in [3.8, 4) is 11.5 Å². The molecule has 16 heavy (non-hydrogen) atoms. The maximum absolute atomic E-state index is 5.15. The summed E-state index contributed by atoms with van der Waals surface area (Å²) in [7, 11) is 0. The van der Waals surface area contributed by atoms with Crippen LogP contribution in [0.15, 0.2) is 23.1 Å². The van der Waals surface area contributed by atoms with E-state index in [1.807, 2.05) is 13.8 Å². The van der Waals surface area contributed by atoms with Gasteiger partial charge in [-0.1, -0.05) is 12.1 Å². The molecule has 6 nitrogen and oxygen atoms in total. The van der Waals surface area contributed by atoms with Crippen LogP contribution < -0.4 is 5.32 Å². The van der Waals surface area contributed by atoms with Gasteiger partial charge in [-0.15, -0.1) is 0 Å². The summed E-state index contributed by atoms with van der Waals surface area (Å²) >= 11 is 0. The monoisotopic (exact) mass is 219 g/mol. The van der Waals surface area contributed by atoms with Gasteiger partial charge in [0.05, 0.1) is 6.04 Å². The van der Waals surface area contributed by atoms with Crippen LogP contribution in [0.25, 0.3) is 11.5 Å². The molecule has 0 aliphatic rings. The second-order valence-electron chi connectivity index (χ2n) is 3.33. The lowest BCUT2D eigenvalue weighted by atomic mass is 10.3. The first kappa shape index (κ1) is 10.7. The average molecular weight is 219 g/mol. The maximum atomic E-state index is 5.15. The van der Waals surface area contributed by atoms with Crippen molar-refractivity contribution >= 4 is 0 Å². The van der Waals surface area contributed by atoms with Crippen LogP contribution in [0.3, 0.4) is 0 Å². The highest BCUT2D eigenvalue weighted by Gasteiger charge is 2.14. The van der Waals surface area contributed by atoms with E-state index in [9.17, 15) is 0 Å². The zero-order valence-electron chi connectivity index (χ0n) is 9.21. The molecular weight excluding hydrogens is 206 g/mol. The minimum Gasteiger partial charge on any atom is -0.337 e. The molecule has 1 atom stereocenters. The number of nitrogens with zero attached hydrogens (tertiary/aromatic N) is 4. The van der Waals surface area contributed by atoms with Crippen molar-refractivity contribution in [2.45, 2.75) is 19.9 Å². The predicted molar refractivity (Wildman–Crippen MR) is 57.4 cm³/mol. The van der Waals surface area contributed by atoms with E-state index >= 15 is 0 Å². The largest absolute Gasteiger partial charge is 0.337 e. The third kappa shape index (κ3) is 2.22. The van der Waals surface area contributed by atoms with Gasteiger partial charge in [-0.25, -0.2) is 9.97 Å². The molecule has 0 amide bonds. The fourth-order valence-electron chi connectivity index (χ4n) is 1.33. The molecule has 2 heterocycles. The molecule has 1 N–H and O–H groups in total. The van der Waals surface area contributed by atoms with Crippen molar-refractivity contribution in [3.63, 3.8) is 0 Å². The quantitative estimate of drug-likeness (QED) is 0.832. The van der Waals surface area contributed by atoms with Gasteiger partial charge in [0.15, 0.2) is 0 Å². The number of hydrogen-bond donors (Lipinski definition) is 1. The van der Waals surface area contributed by atoms with E-state index in [0.29, 0.717) is 17.4 Å². The number of aromatic nitrogens is 4. The summed E-state index contributed by atoms with van der Waals surface area (Å²) in [6.45, 7) is 4.85. The molecular formula is C10H13N5O. The molecule has 2 rings (SSSR count). The Morgan fingerprint density at radius 1 is 1.50 bits per heavy atom. The molecule has 0 spiro atoms. The van der Waals surface area contributed by atoms with Crippen LogP contribution in [0.5, 0.6) is 0 Å². The zero-order chi connectivity index (χ0) is 11.4. The summed E-state index contributed by atoms with van der Waals surface area (Å²) in [6.07, 6.45) is 3.10. The Hall–Kier alpha value is -1.82. The minimum atomic E-state index is 0.0492. The van der Waals surface area contributed by atoms with E-state index in [2.05, 4.69) is 25.4 Å². The first-order chi connectivity index (χ1) is 7.81. The molecule has 84 valence electrons. The fraction of sp³-hybridized carbons (Fsp3) is 0.400. The summed E-state index contributed by atoms with van der Waals surface area (Å²) in [5.74, 6) is 1.05. The SMILES string of the molecule is CCNC(C)c1nc(-c2ccncn2)no1. The zero-order valence-corrected chi connectivity index (χ0v) is 9.21. The Morgan fingerprint density at radius 2 is 2.38 bits per heavy atom. The number of nitrogens with one attached hydrogen (secondary N) is 1. The van der Waals surface area contributed by atoms with Gasteiger partial charge in [-0.2, -0.15) is 4.98 Å². The third-order valence-corrected chi connectivity index (χ3v) is 2.13. The highest BCUT2D eigenvalue weighted by Crippen LogP contribution is 2.15. The lowest BCUT2D eigenvalue weighted by Crippen LogP contribution is -2.17. The van der Waals surface area contributed by atoms with Crippen LogP contribution in [-0.2, 0) is 0 Å². The Kier molecular flexibility index (Phi) is 3.21. The molecule has 0 saturated heterocycles. The number of hydrogen-bond acceptors (Lipinski definition) is 6. The Morgan fingerprint density at radius 3 is 3.06 bits per heavy atom. The molecule has 0 aliphatic carbocycles. The van der Waals surface area contributed by atoms with Crippen molar-refractivity contribution in [2.24, 2.45) is 0 Å². The standard InChI is InChI=1S/C10H13N5O/c1-3-12-7(2)10-14-9(15-16-10)8-4-5-11-6-13-8/h4-7,12H,3H2,1-2H3. The third-order valence-electron chi connectivity index (χ3n) is 2.13. The second kappa shape index (κ2) is 4.80. The van der Waals surface area contributed by atoms with Crippen LogP contribution in [0, 0.1) is 0 Å². The Balaban J connectivity index is 2.20. The minimum absolute atomic E-state index is 0.0492. The molecule has 0 bridgehead atoms. The average Bonchev–Trinajstić information content (AvgIpc) is 2.80. The van der Waals surface area contributed by atoms with Gasteiger partial charge < -0.3 is 9.84 Å². The summed E-state index contributed by atoms with van der Waals surface area (Å²) in [4.78, 5) is 12.2. The Bertz CT molecular complexity index is 441. The lowest BCUT2D eigenvalue weighted by Gasteiger charge is -2.04. The summed E-state index contributed by atoms with van der Waals surface area (Å²) < 4.78 is 5.15. The summed E-state index contributed by atoms with van der Waals surface area (Å²) in [5, 5.41) is 7.07. The van der Waals surface area contributed by atoms with Crippen molar-refractivity contribution in [1.29, 1.82) is 0 Å². The van der Waals surface area contributed by atoms with Crippen molar-refractivity contribution < 1.29 is 4.52 Å². The highest BCUT2D eigenvalue weighted by atomic mass is 16.5. The van der Waals surface area contributed by atoms with E-state index in [0.717, 1.165) is 6.54 Å². The molecule has 6 heteroatoms. The van der Waals surface area contributed by atoms with E-state index in [-0.39, 0.29) is 6.04 Å². The van der Waals surface area contributed by atoms with Gasteiger partial charge in [-0.3, -0.25) is 0 Å². The van der Waals surface area contributed by atoms with E-state index < -0.39 is 0 Å². The predicted octanol–water partition coefficient (Wildman–Crippen LogP) is 1.20. The first-order valence-corrected chi connectivity index (χ1v) is 5.14. The van der Waals surface area contributed by atoms with Gasteiger partial charge in [-0.05, 0) is 19.5 Å². The maximum Gasteiger partial charge on any atom is 0.243 e. The molecule has 0 fully saturated rings. The first-order valence-electron chi connectivity index (χ1n) is 5.14. The van der Waals surface area contributed by atoms with Crippen molar-refractivity contribution in [1.82, 2.24) is 25.4 Å². The van der Waals surface area contributed by atoms with Gasteiger partial charge >= 0.3 is 0 Å². The normalized spacial score (nSPS) is 12.6. The molecule has 0 radical (unpaired) electrons. The fourth-order valence-corrected chi connectivity index (χ4v) is 1.33. The van der Waals surface area contributed by atoms with Gasteiger partial charge in [0, 0.05) is 6.20 Å².